The van der Waals surface area contributed by atoms with Gasteiger partial charge in [-0.05, 0) is 5.56 Å². The fourth-order valence-corrected chi connectivity index (χ4v) is 1.46. The standard InChI is InChI=1S/C11H11N3O2/c15-11(16)6-10-13-12-8-14(10)7-9-4-2-1-3-5-9/h1-5,8H,6-7H2,(H,15,16). The number of carbonyl (C=O) groups is 1. The summed E-state index contributed by atoms with van der Waals surface area (Å²) in [5.41, 5.74) is 1.09. The van der Waals surface area contributed by atoms with E-state index in [4.69, 9.17) is 5.11 Å². The molecule has 0 spiro atoms. The lowest BCUT2D eigenvalue weighted by Crippen LogP contribution is -2.09. The zero-order valence-electron chi connectivity index (χ0n) is 8.58. The lowest BCUT2D eigenvalue weighted by atomic mass is 10.2. The fourth-order valence-electron chi connectivity index (χ4n) is 1.46. The third-order valence-electron chi connectivity index (χ3n) is 2.20. The van der Waals surface area contributed by atoms with Crippen molar-refractivity contribution in [1.29, 1.82) is 0 Å². The third kappa shape index (κ3) is 2.44. The van der Waals surface area contributed by atoms with Gasteiger partial charge >= 0.3 is 5.97 Å². The first-order valence-corrected chi connectivity index (χ1v) is 4.88. The normalized spacial score (nSPS) is 10.2. The van der Waals surface area contributed by atoms with Gasteiger partial charge < -0.3 is 9.67 Å². The molecule has 0 saturated heterocycles. The molecule has 0 bridgehead atoms. The van der Waals surface area contributed by atoms with Gasteiger partial charge in [0.2, 0.25) is 0 Å². The van der Waals surface area contributed by atoms with E-state index in [1.807, 2.05) is 30.3 Å². The van der Waals surface area contributed by atoms with Crippen LogP contribution >= 0.6 is 0 Å². The van der Waals surface area contributed by atoms with Gasteiger partial charge in [0.05, 0.1) is 6.54 Å². The van der Waals surface area contributed by atoms with Gasteiger partial charge in [0.1, 0.15) is 18.6 Å². The van der Waals surface area contributed by atoms with Crippen LogP contribution in [0, 0.1) is 0 Å². The number of hydrogen-bond donors (Lipinski definition) is 1. The Balaban J connectivity index is 2.16. The SMILES string of the molecule is O=C(O)Cc1nncn1Cc1ccccc1. The molecule has 82 valence electrons. The van der Waals surface area contributed by atoms with Crippen molar-refractivity contribution in [2.24, 2.45) is 0 Å². The molecule has 0 aliphatic rings. The van der Waals surface area contributed by atoms with E-state index in [0.29, 0.717) is 12.4 Å². The number of nitrogens with zero attached hydrogens (tertiary/aromatic N) is 3. The van der Waals surface area contributed by atoms with Crippen LogP contribution in [0.4, 0.5) is 0 Å². The number of rotatable bonds is 4. The molecule has 2 rings (SSSR count). The smallest absolute Gasteiger partial charge is 0.311 e. The maximum atomic E-state index is 10.6. The molecule has 0 aliphatic heterocycles. The second-order valence-corrected chi connectivity index (χ2v) is 3.43. The Hall–Kier alpha value is -2.17. The molecular formula is C11H11N3O2. The van der Waals surface area contributed by atoms with Crippen LogP contribution in [-0.2, 0) is 17.8 Å². The predicted molar refractivity (Wildman–Crippen MR) is 56.9 cm³/mol. The first-order chi connectivity index (χ1) is 7.75. The van der Waals surface area contributed by atoms with Gasteiger partial charge in [-0.15, -0.1) is 10.2 Å². The summed E-state index contributed by atoms with van der Waals surface area (Å²) in [6.07, 6.45) is 1.44. The van der Waals surface area contributed by atoms with Crippen LogP contribution in [0.2, 0.25) is 0 Å². The molecule has 1 aromatic heterocycles. The van der Waals surface area contributed by atoms with Crippen LogP contribution in [-0.4, -0.2) is 25.8 Å². The summed E-state index contributed by atoms with van der Waals surface area (Å²) in [6, 6.07) is 9.77. The number of aromatic nitrogens is 3. The molecular weight excluding hydrogens is 206 g/mol. The van der Waals surface area contributed by atoms with Crippen LogP contribution < -0.4 is 0 Å². The van der Waals surface area contributed by atoms with Gasteiger partial charge in [0.15, 0.2) is 0 Å². The molecule has 5 nitrogen and oxygen atoms in total. The zero-order valence-corrected chi connectivity index (χ0v) is 8.58. The minimum atomic E-state index is -0.901. The van der Waals surface area contributed by atoms with Gasteiger partial charge in [0, 0.05) is 0 Å². The molecule has 5 heteroatoms. The summed E-state index contributed by atoms with van der Waals surface area (Å²) in [5, 5.41) is 16.2. The maximum absolute atomic E-state index is 10.6. The van der Waals surface area contributed by atoms with E-state index in [9.17, 15) is 4.79 Å². The predicted octanol–water partition coefficient (Wildman–Crippen LogP) is 0.953. The average molecular weight is 217 g/mol. The van der Waals surface area contributed by atoms with Crippen LogP contribution in [0.15, 0.2) is 36.7 Å². The molecule has 2 aromatic rings. The van der Waals surface area contributed by atoms with E-state index in [0.717, 1.165) is 5.56 Å². The summed E-state index contributed by atoms with van der Waals surface area (Å²) in [6.45, 7) is 0.594. The Morgan fingerprint density at radius 1 is 1.31 bits per heavy atom. The van der Waals surface area contributed by atoms with Crippen LogP contribution in [0.1, 0.15) is 11.4 Å². The van der Waals surface area contributed by atoms with Crippen molar-refractivity contribution in [3.05, 3.63) is 48.0 Å². The van der Waals surface area contributed by atoms with Gasteiger partial charge in [-0.3, -0.25) is 4.79 Å². The molecule has 0 aliphatic carbocycles. The molecule has 1 N–H and O–H groups in total. The molecule has 0 amide bonds. The summed E-state index contributed by atoms with van der Waals surface area (Å²) < 4.78 is 1.74. The Morgan fingerprint density at radius 3 is 2.75 bits per heavy atom. The van der Waals surface area contributed by atoms with Crippen molar-refractivity contribution in [2.75, 3.05) is 0 Å². The minimum Gasteiger partial charge on any atom is -0.481 e. The van der Waals surface area contributed by atoms with Crippen LogP contribution in [0.25, 0.3) is 0 Å². The lowest BCUT2D eigenvalue weighted by molar-refractivity contribution is -0.136. The Morgan fingerprint density at radius 2 is 2.06 bits per heavy atom. The molecule has 0 atom stereocenters. The second kappa shape index (κ2) is 4.57. The Labute approximate surface area is 92.4 Å². The van der Waals surface area contributed by atoms with E-state index in [1.54, 1.807) is 10.9 Å². The number of aliphatic carboxylic acids is 1. The summed E-state index contributed by atoms with van der Waals surface area (Å²) in [4.78, 5) is 10.6. The summed E-state index contributed by atoms with van der Waals surface area (Å²) in [5.74, 6) is -0.432. The Bertz CT molecular complexity index is 479. The highest BCUT2D eigenvalue weighted by Gasteiger charge is 2.08. The van der Waals surface area contributed by atoms with Gasteiger partial charge in [-0.2, -0.15) is 0 Å². The monoisotopic (exact) mass is 217 g/mol. The number of benzene rings is 1. The van der Waals surface area contributed by atoms with E-state index < -0.39 is 5.97 Å². The quantitative estimate of drug-likeness (QED) is 0.828. The van der Waals surface area contributed by atoms with Crippen LogP contribution in [0.3, 0.4) is 0 Å². The molecule has 16 heavy (non-hydrogen) atoms. The minimum absolute atomic E-state index is 0.104. The van der Waals surface area contributed by atoms with E-state index >= 15 is 0 Å². The van der Waals surface area contributed by atoms with Crippen LogP contribution in [0.5, 0.6) is 0 Å². The van der Waals surface area contributed by atoms with E-state index in [2.05, 4.69) is 10.2 Å². The van der Waals surface area contributed by atoms with Crippen molar-refractivity contribution in [3.8, 4) is 0 Å². The highest BCUT2D eigenvalue weighted by molar-refractivity contribution is 5.68. The van der Waals surface area contributed by atoms with Crippen molar-refractivity contribution in [3.63, 3.8) is 0 Å². The highest BCUT2D eigenvalue weighted by Crippen LogP contribution is 2.04. The molecule has 0 unspecified atom stereocenters. The highest BCUT2D eigenvalue weighted by atomic mass is 16.4. The Kier molecular flexibility index (Phi) is 2.95. The second-order valence-electron chi connectivity index (χ2n) is 3.43. The van der Waals surface area contributed by atoms with Crippen molar-refractivity contribution >= 4 is 5.97 Å². The number of carboxylic acids is 1. The molecule has 0 saturated carbocycles. The van der Waals surface area contributed by atoms with Crippen molar-refractivity contribution in [1.82, 2.24) is 14.8 Å². The summed E-state index contributed by atoms with van der Waals surface area (Å²) >= 11 is 0. The molecule has 1 aromatic carbocycles. The zero-order chi connectivity index (χ0) is 11.4. The van der Waals surface area contributed by atoms with Crippen molar-refractivity contribution in [2.45, 2.75) is 13.0 Å². The first kappa shape index (κ1) is 10.4. The first-order valence-electron chi connectivity index (χ1n) is 4.88. The lowest BCUT2D eigenvalue weighted by Gasteiger charge is -2.04. The van der Waals surface area contributed by atoms with Gasteiger partial charge in [-0.1, -0.05) is 30.3 Å². The summed E-state index contributed by atoms with van der Waals surface area (Å²) in [7, 11) is 0. The maximum Gasteiger partial charge on any atom is 0.311 e. The molecule has 0 radical (unpaired) electrons. The van der Waals surface area contributed by atoms with Gasteiger partial charge in [0.25, 0.3) is 0 Å². The number of carboxylic acid groups (broad SMARTS) is 1. The fraction of sp³-hybridized carbons (Fsp3) is 0.182. The topological polar surface area (TPSA) is 68.0 Å². The molecule has 0 fully saturated rings. The number of hydrogen-bond acceptors (Lipinski definition) is 3. The van der Waals surface area contributed by atoms with E-state index in [1.165, 1.54) is 0 Å². The third-order valence-corrected chi connectivity index (χ3v) is 2.20. The van der Waals surface area contributed by atoms with E-state index in [-0.39, 0.29) is 6.42 Å². The molecule has 1 heterocycles. The van der Waals surface area contributed by atoms with Gasteiger partial charge in [-0.25, -0.2) is 0 Å². The average Bonchev–Trinajstić information content (AvgIpc) is 2.66. The largest absolute Gasteiger partial charge is 0.481 e. The van der Waals surface area contributed by atoms with Crippen molar-refractivity contribution < 1.29 is 9.90 Å².